The number of rotatable bonds is 3. The van der Waals surface area contributed by atoms with Crippen molar-refractivity contribution in [2.75, 3.05) is 18.4 Å². The fourth-order valence-electron chi connectivity index (χ4n) is 2.49. The predicted octanol–water partition coefficient (Wildman–Crippen LogP) is 2.78. The molecule has 1 saturated heterocycles. The van der Waals surface area contributed by atoms with Crippen LogP contribution in [0.15, 0.2) is 29.2 Å². The summed E-state index contributed by atoms with van der Waals surface area (Å²) >= 11 is 0. The first kappa shape index (κ1) is 17.7. The molecular weight excluding hydrogens is 314 g/mol. The Balaban J connectivity index is 2.14. The molecule has 128 valence electrons. The highest BCUT2D eigenvalue weighted by molar-refractivity contribution is 7.89. The molecular formula is C16H25N3O3S. The van der Waals surface area contributed by atoms with Gasteiger partial charge in [-0.15, -0.1) is 0 Å². The number of hydrogen-bond acceptors (Lipinski definition) is 3. The summed E-state index contributed by atoms with van der Waals surface area (Å²) < 4.78 is 26.8. The fraction of sp³-hybridized carbons (Fsp3) is 0.562. The summed E-state index contributed by atoms with van der Waals surface area (Å²) in [6.07, 6.45) is 2.86. The Kier molecular flexibility index (Phi) is 5.31. The third kappa shape index (κ3) is 4.94. The molecule has 0 atom stereocenters. The molecule has 0 spiro atoms. The zero-order chi connectivity index (χ0) is 17.1. The number of anilines is 1. The summed E-state index contributed by atoms with van der Waals surface area (Å²) in [5.41, 5.74) is 0.103. The molecule has 23 heavy (non-hydrogen) atoms. The van der Waals surface area contributed by atoms with Crippen LogP contribution in [0.2, 0.25) is 0 Å². The summed E-state index contributed by atoms with van der Waals surface area (Å²) in [6, 6.07) is 6.04. The Labute approximate surface area is 138 Å². The van der Waals surface area contributed by atoms with Crippen LogP contribution in [0.1, 0.15) is 40.0 Å². The van der Waals surface area contributed by atoms with Crippen molar-refractivity contribution in [1.82, 2.24) is 9.62 Å². The van der Waals surface area contributed by atoms with Crippen molar-refractivity contribution in [2.45, 2.75) is 50.5 Å². The summed E-state index contributed by atoms with van der Waals surface area (Å²) in [7, 11) is -3.49. The van der Waals surface area contributed by atoms with Crippen molar-refractivity contribution >= 4 is 21.7 Å². The van der Waals surface area contributed by atoms with Gasteiger partial charge in [0.2, 0.25) is 10.0 Å². The van der Waals surface area contributed by atoms with E-state index in [-0.39, 0.29) is 16.5 Å². The number of carbonyl (C=O) groups excluding carboxylic acids is 1. The number of carbonyl (C=O) groups is 1. The molecule has 0 radical (unpaired) electrons. The Morgan fingerprint density at radius 1 is 1.13 bits per heavy atom. The highest BCUT2D eigenvalue weighted by atomic mass is 32.2. The normalized spacial score (nSPS) is 16.8. The van der Waals surface area contributed by atoms with Crippen LogP contribution >= 0.6 is 0 Å². The lowest BCUT2D eigenvalue weighted by molar-refractivity contribution is 0.244. The van der Waals surface area contributed by atoms with Gasteiger partial charge < -0.3 is 10.6 Å². The van der Waals surface area contributed by atoms with Crippen molar-refractivity contribution < 1.29 is 13.2 Å². The van der Waals surface area contributed by atoms with Gasteiger partial charge in [0.15, 0.2) is 0 Å². The van der Waals surface area contributed by atoms with Crippen molar-refractivity contribution in [2.24, 2.45) is 0 Å². The van der Waals surface area contributed by atoms with E-state index in [1.54, 1.807) is 18.2 Å². The summed E-state index contributed by atoms with van der Waals surface area (Å²) in [6.45, 7) is 6.76. The molecule has 1 aliphatic heterocycles. The molecule has 7 heteroatoms. The fourth-order valence-corrected chi connectivity index (χ4v) is 4.06. The maximum atomic E-state index is 12.7. The van der Waals surface area contributed by atoms with E-state index in [0.29, 0.717) is 18.8 Å². The van der Waals surface area contributed by atoms with Crippen LogP contribution in [0, 0.1) is 0 Å². The SMILES string of the molecule is CC(C)(C)NC(=O)Nc1cccc(S(=O)(=O)N2CCCCC2)c1. The number of urea groups is 1. The van der Waals surface area contributed by atoms with E-state index in [9.17, 15) is 13.2 Å². The van der Waals surface area contributed by atoms with Crippen LogP contribution in [0.3, 0.4) is 0 Å². The largest absolute Gasteiger partial charge is 0.333 e. The lowest BCUT2D eigenvalue weighted by Gasteiger charge is -2.26. The molecule has 1 fully saturated rings. The van der Waals surface area contributed by atoms with Gasteiger partial charge in [-0.1, -0.05) is 12.5 Å². The molecule has 6 nitrogen and oxygen atoms in total. The predicted molar refractivity (Wildman–Crippen MR) is 91.0 cm³/mol. The van der Waals surface area contributed by atoms with Crippen LogP contribution in [0.4, 0.5) is 10.5 Å². The van der Waals surface area contributed by atoms with E-state index in [1.807, 2.05) is 20.8 Å². The van der Waals surface area contributed by atoms with E-state index >= 15 is 0 Å². The first-order valence-electron chi connectivity index (χ1n) is 7.88. The van der Waals surface area contributed by atoms with E-state index in [2.05, 4.69) is 10.6 Å². The minimum absolute atomic E-state index is 0.216. The number of nitrogens with one attached hydrogen (secondary N) is 2. The molecule has 0 saturated carbocycles. The number of nitrogens with zero attached hydrogens (tertiary/aromatic N) is 1. The second-order valence-corrected chi connectivity index (χ2v) is 8.76. The van der Waals surface area contributed by atoms with E-state index in [0.717, 1.165) is 19.3 Å². The minimum Gasteiger partial charge on any atom is -0.333 e. The molecule has 0 bridgehead atoms. The Morgan fingerprint density at radius 2 is 1.78 bits per heavy atom. The van der Waals surface area contributed by atoms with Gasteiger partial charge in [0.25, 0.3) is 0 Å². The number of amides is 2. The maximum absolute atomic E-state index is 12.7. The van der Waals surface area contributed by atoms with Crippen LogP contribution in [-0.4, -0.2) is 37.4 Å². The van der Waals surface area contributed by atoms with Gasteiger partial charge >= 0.3 is 6.03 Å². The number of sulfonamides is 1. The number of hydrogen-bond donors (Lipinski definition) is 2. The zero-order valence-electron chi connectivity index (χ0n) is 13.9. The molecule has 0 aliphatic carbocycles. The van der Waals surface area contributed by atoms with Gasteiger partial charge in [0.05, 0.1) is 4.90 Å². The lowest BCUT2D eigenvalue weighted by Crippen LogP contribution is -2.43. The second-order valence-electron chi connectivity index (χ2n) is 6.82. The molecule has 1 aromatic rings. The lowest BCUT2D eigenvalue weighted by atomic mass is 10.1. The van der Waals surface area contributed by atoms with Crippen LogP contribution in [-0.2, 0) is 10.0 Å². The van der Waals surface area contributed by atoms with Gasteiger partial charge in [-0.2, -0.15) is 4.31 Å². The molecule has 1 heterocycles. The second kappa shape index (κ2) is 6.88. The van der Waals surface area contributed by atoms with Gasteiger partial charge in [0.1, 0.15) is 0 Å². The third-order valence-corrected chi connectivity index (χ3v) is 5.43. The van der Waals surface area contributed by atoms with Crippen LogP contribution < -0.4 is 10.6 Å². The van der Waals surface area contributed by atoms with Crippen LogP contribution in [0.25, 0.3) is 0 Å². The van der Waals surface area contributed by atoms with Crippen LogP contribution in [0.5, 0.6) is 0 Å². The Morgan fingerprint density at radius 3 is 2.39 bits per heavy atom. The van der Waals surface area contributed by atoms with Gasteiger partial charge in [-0.05, 0) is 51.8 Å². The smallest absolute Gasteiger partial charge is 0.319 e. The molecule has 1 aromatic carbocycles. The monoisotopic (exact) mass is 339 g/mol. The van der Waals surface area contributed by atoms with Crippen molar-refractivity contribution in [3.05, 3.63) is 24.3 Å². The Bertz CT molecular complexity index is 659. The van der Waals surface area contributed by atoms with E-state index < -0.39 is 10.0 Å². The van der Waals surface area contributed by atoms with Gasteiger partial charge in [-0.25, -0.2) is 13.2 Å². The number of piperidine rings is 1. The van der Waals surface area contributed by atoms with Gasteiger partial charge in [0, 0.05) is 24.3 Å². The number of benzene rings is 1. The molecule has 2 amide bonds. The van der Waals surface area contributed by atoms with Crippen molar-refractivity contribution in [3.63, 3.8) is 0 Å². The molecule has 0 aromatic heterocycles. The molecule has 0 unspecified atom stereocenters. The standard InChI is InChI=1S/C16H25N3O3S/c1-16(2,3)18-15(20)17-13-8-7-9-14(12-13)23(21,22)19-10-5-4-6-11-19/h7-9,12H,4-6,10-11H2,1-3H3,(H2,17,18,20). The summed E-state index contributed by atoms with van der Waals surface area (Å²) in [4.78, 5) is 12.1. The first-order chi connectivity index (χ1) is 10.7. The maximum Gasteiger partial charge on any atom is 0.319 e. The average molecular weight is 339 g/mol. The molecule has 1 aliphatic rings. The van der Waals surface area contributed by atoms with E-state index in [1.165, 1.54) is 10.4 Å². The van der Waals surface area contributed by atoms with E-state index in [4.69, 9.17) is 0 Å². The third-order valence-electron chi connectivity index (χ3n) is 3.53. The van der Waals surface area contributed by atoms with Gasteiger partial charge in [-0.3, -0.25) is 0 Å². The summed E-state index contributed by atoms with van der Waals surface area (Å²) in [5, 5.41) is 5.46. The molecule has 2 rings (SSSR count). The highest BCUT2D eigenvalue weighted by Crippen LogP contribution is 2.22. The quantitative estimate of drug-likeness (QED) is 0.889. The first-order valence-corrected chi connectivity index (χ1v) is 9.32. The minimum atomic E-state index is -3.49. The average Bonchev–Trinajstić information content (AvgIpc) is 2.46. The zero-order valence-corrected chi connectivity index (χ0v) is 14.7. The summed E-state index contributed by atoms with van der Waals surface area (Å²) in [5.74, 6) is 0. The highest BCUT2D eigenvalue weighted by Gasteiger charge is 2.26. The molecule has 2 N–H and O–H groups in total. The van der Waals surface area contributed by atoms with Crippen molar-refractivity contribution in [3.8, 4) is 0 Å². The Hall–Kier alpha value is -1.60. The van der Waals surface area contributed by atoms with Crippen molar-refractivity contribution in [1.29, 1.82) is 0 Å². The topological polar surface area (TPSA) is 78.5 Å².